The van der Waals surface area contributed by atoms with Crippen molar-refractivity contribution in [2.24, 2.45) is 0 Å². The predicted molar refractivity (Wildman–Crippen MR) is 88.5 cm³/mol. The summed E-state index contributed by atoms with van der Waals surface area (Å²) in [5, 5.41) is -0.223. The van der Waals surface area contributed by atoms with E-state index in [2.05, 4.69) is 0 Å². The monoisotopic (exact) mass is 351 g/mol. The molecule has 24 heavy (non-hydrogen) atoms. The quantitative estimate of drug-likeness (QED) is 0.798. The van der Waals surface area contributed by atoms with Crippen molar-refractivity contribution in [3.63, 3.8) is 0 Å². The lowest BCUT2D eigenvalue weighted by molar-refractivity contribution is 0.0762. The summed E-state index contributed by atoms with van der Waals surface area (Å²) in [6.45, 7) is 0.825. The molecule has 6 heteroatoms. The Morgan fingerprint density at radius 2 is 1.83 bits per heavy atom. The highest BCUT2D eigenvalue weighted by Gasteiger charge is 2.25. The normalized spacial score (nSPS) is 18.3. The van der Waals surface area contributed by atoms with Gasteiger partial charge in [-0.25, -0.2) is 13.2 Å². The molecule has 2 nitrogen and oxygen atoms in total. The topological polar surface area (TPSA) is 20.3 Å². The van der Waals surface area contributed by atoms with E-state index in [1.807, 2.05) is 0 Å². The number of rotatable bonds is 2. The summed E-state index contributed by atoms with van der Waals surface area (Å²) >= 11 is 1.49. The van der Waals surface area contributed by atoms with Crippen molar-refractivity contribution < 1.29 is 18.0 Å². The average Bonchev–Trinajstić information content (AvgIpc) is 2.83. The largest absolute Gasteiger partial charge is 0.338 e. The molecule has 1 atom stereocenters. The molecule has 0 aliphatic carbocycles. The Balaban J connectivity index is 1.75. The van der Waals surface area contributed by atoms with Crippen LogP contribution in [0, 0.1) is 17.5 Å². The van der Waals surface area contributed by atoms with Crippen molar-refractivity contribution >= 4 is 17.7 Å². The van der Waals surface area contributed by atoms with Gasteiger partial charge in [-0.15, -0.1) is 0 Å². The molecule has 0 bridgehead atoms. The average molecular weight is 351 g/mol. The second-order valence-electron chi connectivity index (χ2n) is 5.59. The first-order valence-electron chi connectivity index (χ1n) is 7.66. The van der Waals surface area contributed by atoms with Crippen molar-refractivity contribution in [3.8, 4) is 0 Å². The van der Waals surface area contributed by atoms with Crippen LogP contribution in [0.3, 0.4) is 0 Å². The molecule has 1 saturated heterocycles. The molecule has 0 aromatic heterocycles. The Bertz CT molecular complexity index is 753. The zero-order chi connectivity index (χ0) is 17.1. The lowest BCUT2D eigenvalue weighted by Gasteiger charge is -2.20. The molecular weight excluding hydrogens is 335 g/mol. The van der Waals surface area contributed by atoms with E-state index in [9.17, 15) is 18.0 Å². The van der Waals surface area contributed by atoms with E-state index in [-0.39, 0.29) is 16.7 Å². The van der Waals surface area contributed by atoms with Crippen molar-refractivity contribution in [2.75, 3.05) is 18.8 Å². The minimum absolute atomic E-state index is 0.0397. The fraction of sp³-hybridized carbons (Fsp3) is 0.278. The van der Waals surface area contributed by atoms with Gasteiger partial charge >= 0.3 is 0 Å². The number of hydrogen-bond acceptors (Lipinski definition) is 2. The van der Waals surface area contributed by atoms with Crippen LogP contribution in [0.2, 0.25) is 0 Å². The molecule has 2 aromatic rings. The minimum Gasteiger partial charge on any atom is -0.338 e. The third-order valence-corrected chi connectivity index (χ3v) is 5.35. The summed E-state index contributed by atoms with van der Waals surface area (Å²) < 4.78 is 41.1. The van der Waals surface area contributed by atoms with Gasteiger partial charge in [0.2, 0.25) is 0 Å². The highest BCUT2D eigenvalue weighted by atomic mass is 32.2. The van der Waals surface area contributed by atoms with Gasteiger partial charge in [0.25, 0.3) is 5.91 Å². The molecule has 1 fully saturated rings. The predicted octanol–water partition coefficient (Wildman–Crippen LogP) is 4.42. The smallest absolute Gasteiger partial charge is 0.256 e. The van der Waals surface area contributed by atoms with Gasteiger partial charge in [0.05, 0.1) is 5.56 Å². The first-order valence-corrected chi connectivity index (χ1v) is 8.71. The number of hydrogen-bond donors (Lipinski definition) is 0. The Kier molecular flexibility index (Phi) is 5.14. The molecule has 1 heterocycles. The van der Waals surface area contributed by atoms with Gasteiger partial charge in [0.15, 0.2) is 0 Å². The van der Waals surface area contributed by atoms with Gasteiger partial charge < -0.3 is 4.90 Å². The maximum absolute atomic E-state index is 14.0. The van der Waals surface area contributed by atoms with Gasteiger partial charge in [-0.2, -0.15) is 11.8 Å². The molecule has 3 rings (SSSR count). The van der Waals surface area contributed by atoms with Crippen LogP contribution in [0.25, 0.3) is 0 Å². The number of carbonyl (C=O) groups excluding carboxylic acids is 1. The van der Waals surface area contributed by atoms with Crippen LogP contribution in [0.15, 0.2) is 42.5 Å². The van der Waals surface area contributed by atoms with Crippen LogP contribution >= 0.6 is 11.8 Å². The van der Waals surface area contributed by atoms with Gasteiger partial charge in [0, 0.05) is 29.7 Å². The number of amides is 1. The molecule has 126 valence electrons. The van der Waals surface area contributed by atoms with E-state index in [1.54, 1.807) is 11.0 Å². The highest BCUT2D eigenvalue weighted by molar-refractivity contribution is 7.99. The fourth-order valence-electron chi connectivity index (χ4n) is 2.79. The van der Waals surface area contributed by atoms with Crippen LogP contribution in [0.5, 0.6) is 0 Å². The molecule has 1 aliphatic heterocycles. The van der Waals surface area contributed by atoms with Gasteiger partial charge in [0.1, 0.15) is 17.5 Å². The summed E-state index contributed by atoms with van der Waals surface area (Å²) in [6, 6.07) is 9.29. The lowest BCUT2D eigenvalue weighted by Crippen LogP contribution is -2.33. The summed E-state index contributed by atoms with van der Waals surface area (Å²) in [5.41, 5.74) is 0.359. The summed E-state index contributed by atoms with van der Waals surface area (Å²) in [7, 11) is 0. The van der Waals surface area contributed by atoms with E-state index in [0.717, 1.165) is 12.1 Å². The van der Waals surface area contributed by atoms with E-state index in [1.165, 1.54) is 36.0 Å². The van der Waals surface area contributed by atoms with E-state index < -0.39 is 17.5 Å². The molecule has 2 aromatic carbocycles. The number of thioether (sulfide) groups is 1. The first-order chi connectivity index (χ1) is 11.6. The first kappa shape index (κ1) is 16.9. The maximum Gasteiger partial charge on any atom is 0.256 e. The standard InChI is InChI=1S/C18H16F3NOS/c19-12-5-6-16(21)14(11-12)17-7-8-22(9-10-24-17)18(23)13-3-1-2-4-15(13)20/h1-6,11,17H,7-10H2. The van der Waals surface area contributed by atoms with E-state index in [0.29, 0.717) is 30.8 Å². The summed E-state index contributed by atoms with van der Waals surface area (Å²) in [6.07, 6.45) is 0.491. The zero-order valence-corrected chi connectivity index (χ0v) is 13.7. The Labute approximate surface area is 142 Å². The van der Waals surface area contributed by atoms with Gasteiger partial charge in [-0.1, -0.05) is 12.1 Å². The minimum atomic E-state index is -0.549. The van der Waals surface area contributed by atoms with Crippen molar-refractivity contribution in [2.45, 2.75) is 11.7 Å². The lowest BCUT2D eigenvalue weighted by atomic mass is 10.1. The van der Waals surface area contributed by atoms with Crippen LogP contribution in [-0.4, -0.2) is 29.6 Å². The van der Waals surface area contributed by atoms with E-state index in [4.69, 9.17) is 0 Å². The summed E-state index contributed by atoms with van der Waals surface area (Å²) in [5.74, 6) is -1.25. The van der Waals surface area contributed by atoms with Crippen LogP contribution < -0.4 is 0 Å². The zero-order valence-electron chi connectivity index (χ0n) is 12.8. The number of benzene rings is 2. The third kappa shape index (κ3) is 3.59. The molecule has 0 spiro atoms. The number of nitrogens with zero attached hydrogens (tertiary/aromatic N) is 1. The Morgan fingerprint density at radius 1 is 1.04 bits per heavy atom. The van der Waals surface area contributed by atoms with Crippen molar-refractivity contribution in [3.05, 3.63) is 71.0 Å². The maximum atomic E-state index is 14.0. The number of carbonyl (C=O) groups is 1. The molecule has 1 amide bonds. The number of halogens is 3. The van der Waals surface area contributed by atoms with Crippen LogP contribution in [-0.2, 0) is 0 Å². The second-order valence-corrected chi connectivity index (χ2v) is 6.90. The van der Waals surface area contributed by atoms with Crippen LogP contribution in [0.1, 0.15) is 27.6 Å². The van der Waals surface area contributed by atoms with Crippen molar-refractivity contribution in [1.29, 1.82) is 0 Å². The molecule has 0 radical (unpaired) electrons. The summed E-state index contributed by atoms with van der Waals surface area (Å²) in [4.78, 5) is 14.1. The Hall–Kier alpha value is -1.95. The highest BCUT2D eigenvalue weighted by Crippen LogP contribution is 2.36. The van der Waals surface area contributed by atoms with Gasteiger partial charge in [-0.05, 0) is 36.8 Å². The third-order valence-electron chi connectivity index (χ3n) is 4.04. The van der Waals surface area contributed by atoms with Crippen molar-refractivity contribution in [1.82, 2.24) is 4.90 Å². The SMILES string of the molecule is O=C(c1ccccc1F)N1CCSC(c2cc(F)ccc2F)CC1. The second kappa shape index (κ2) is 7.30. The van der Waals surface area contributed by atoms with E-state index >= 15 is 0 Å². The van der Waals surface area contributed by atoms with Gasteiger partial charge in [-0.3, -0.25) is 4.79 Å². The Morgan fingerprint density at radius 3 is 2.62 bits per heavy atom. The molecule has 0 saturated carbocycles. The molecule has 1 unspecified atom stereocenters. The molecule has 1 aliphatic rings. The molecular formula is C18H16F3NOS. The molecule has 0 N–H and O–H groups in total. The van der Waals surface area contributed by atoms with Crippen LogP contribution in [0.4, 0.5) is 13.2 Å². The fourth-order valence-corrected chi connectivity index (χ4v) is 4.03.